The highest BCUT2D eigenvalue weighted by molar-refractivity contribution is 9.10. The summed E-state index contributed by atoms with van der Waals surface area (Å²) in [5, 5.41) is 11.3. The number of rotatable bonds is 3. The van der Waals surface area contributed by atoms with E-state index in [0.717, 1.165) is 4.88 Å². The summed E-state index contributed by atoms with van der Waals surface area (Å²) in [6, 6.07) is 0. The molecule has 0 aliphatic carbocycles. The molecule has 0 atom stereocenters. The molecule has 9 heteroatoms. The lowest BCUT2D eigenvalue weighted by molar-refractivity contribution is -0.386. The minimum atomic E-state index is -0.517. The first-order valence-electron chi connectivity index (χ1n) is 5.14. The van der Waals surface area contributed by atoms with Gasteiger partial charge < -0.3 is 10.3 Å². The second kappa shape index (κ2) is 5.10. The Morgan fingerprint density at radius 2 is 2.32 bits per heavy atom. The van der Waals surface area contributed by atoms with E-state index in [9.17, 15) is 14.9 Å². The van der Waals surface area contributed by atoms with Crippen LogP contribution in [0.5, 0.6) is 0 Å². The quantitative estimate of drug-likeness (QED) is 0.676. The van der Waals surface area contributed by atoms with Gasteiger partial charge in [0.25, 0.3) is 11.2 Å². The van der Waals surface area contributed by atoms with Crippen molar-refractivity contribution in [2.75, 3.05) is 5.73 Å². The zero-order valence-electron chi connectivity index (χ0n) is 9.79. The summed E-state index contributed by atoms with van der Waals surface area (Å²) in [4.78, 5) is 27.1. The molecule has 0 fully saturated rings. The number of hydrogen-bond acceptors (Lipinski definition) is 6. The first-order valence-corrected chi connectivity index (χ1v) is 6.75. The van der Waals surface area contributed by atoms with E-state index in [0.29, 0.717) is 10.7 Å². The Morgan fingerprint density at radius 3 is 2.84 bits per heavy atom. The average Bonchev–Trinajstić information content (AvgIpc) is 2.75. The fourth-order valence-corrected chi connectivity index (χ4v) is 2.68. The maximum atomic E-state index is 12.0. The van der Waals surface area contributed by atoms with Crippen molar-refractivity contribution in [2.45, 2.75) is 13.5 Å². The molecule has 19 heavy (non-hydrogen) atoms. The van der Waals surface area contributed by atoms with E-state index in [1.54, 1.807) is 6.20 Å². The predicted octanol–water partition coefficient (Wildman–Crippen LogP) is 1.91. The first-order chi connectivity index (χ1) is 8.90. The van der Waals surface area contributed by atoms with E-state index in [2.05, 4.69) is 20.9 Å². The molecule has 2 rings (SSSR count). The lowest BCUT2D eigenvalue weighted by Crippen LogP contribution is -2.22. The number of hydrogen-bond donors (Lipinski definition) is 1. The number of aromatic nitrogens is 2. The van der Waals surface area contributed by atoms with Gasteiger partial charge in [0.1, 0.15) is 0 Å². The van der Waals surface area contributed by atoms with Crippen LogP contribution < -0.4 is 11.3 Å². The monoisotopic (exact) mass is 344 g/mol. The van der Waals surface area contributed by atoms with Crippen molar-refractivity contribution < 1.29 is 4.92 Å². The molecule has 0 aliphatic rings. The Kier molecular flexibility index (Phi) is 3.67. The van der Waals surface area contributed by atoms with E-state index < -0.39 is 4.92 Å². The summed E-state index contributed by atoms with van der Waals surface area (Å²) in [5.74, 6) is 0. The molecule has 2 heterocycles. The molecule has 0 saturated heterocycles. The standard InChI is InChI=1S/C10H9BrN4O3S/c1-5-7(15(17)18)4-14(9(16)8(5)11)3-6-2-13-10(12)19-6/h2,4H,3H2,1H3,(H2,12,13). The molecule has 0 amide bonds. The highest BCUT2D eigenvalue weighted by Crippen LogP contribution is 2.23. The second-order valence-electron chi connectivity index (χ2n) is 3.81. The van der Waals surface area contributed by atoms with Crippen molar-refractivity contribution in [3.63, 3.8) is 0 Å². The van der Waals surface area contributed by atoms with Gasteiger partial charge in [0.2, 0.25) is 0 Å². The van der Waals surface area contributed by atoms with Gasteiger partial charge in [-0.1, -0.05) is 0 Å². The lowest BCUT2D eigenvalue weighted by atomic mass is 10.2. The van der Waals surface area contributed by atoms with Crippen LogP contribution in [-0.4, -0.2) is 14.5 Å². The van der Waals surface area contributed by atoms with E-state index in [-0.39, 0.29) is 22.3 Å². The maximum absolute atomic E-state index is 12.0. The molecule has 0 saturated carbocycles. The number of pyridine rings is 1. The van der Waals surface area contributed by atoms with Crippen LogP contribution in [0.4, 0.5) is 10.8 Å². The van der Waals surface area contributed by atoms with Gasteiger partial charge in [0.15, 0.2) is 5.13 Å². The second-order valence-corrected chi connectivity index (χ2v) is 5.75. The van der Waals surface area contributed by atoms with Gasteiger partial charge in [-0.2, -0.15) is 0 Å². The molecule has 7 nitrogen and oxygen atoms in total. The van der Waals surface area contributed by atoms with Crippen LogP contribution in [0.3, 0.4) is 0 Å². The average molecular weight is 345 g/mol. The van der Waals surface area contributed by atoms with Gasteiger partial charge >= 0.3 is 0 Å². The Hall–Kier alpha value is -1.74. The molecule has 0 spiro atoms. The minimum absolute atomic E-state index is 0.107. The normalized spacial score (nSPS) is 10.6. The van der Waals surface area contributed by atoms with Crippen LogP contribution in [0.2, 0.25) is 0 Å². The molecule has 2 aromatic heterocycles. The molecule has 2 N–H and O–H groups in total. The zero-order valence-corrected chi connectivity index (χ0v) is 12.2. The summed E-state index contributed by atoms with van der Waals surface area (Å²) >= 11 is 4.33. The fraction of sp³-hybridized carbons (Fsp3) is 0.200. The van der Waals surface area contributed by atoms with Gasteiger partial charge in [0, 0.05) is 16.6 Å². The van der Waals surface area contributed by atoms with E-state index >= 15 is 0 Å². The third kappa shape index (κ3) is 2.66. The molecule has 100 valence electrons. The third-order valence-corrected chi connectivity index (χ3v) is 4.28. The topological polar surface area (TPSA) is 104 Å². The molecule has 0 aliphatic heterocycles. The smallest absolute Gasteiger partial charge is 0.289 e. The summed E-state index contributed by atoms with van der Waals surface area (Å²) in [6.45, 7) is 1.73. The van der Waals surface area contributed by atoms with Gasteiger partial charge in [-0.15, -0.1) is 11.3 Å². The molecule has 0 unspecified atom stereocenters. The highest BCUT2D eigenvalue weighted by atomic mass is 79.9. The first kappa shape index (κ1) is 13.7. The van der Waals surface area contributed by atoms with Gasteiger partial charge in [-0.25, -0.2) is 4.98 Å². The number of nitrogens with two attached hydrogens (primary N) is 1. The number of thiazole rings is 1. The van der Waals surface area contributed by atoms with Gasteiger partial charge in [0.05, 0.1) is 22.1 Å². The van der Waals surface area contributed by atoms with Crippen molar-refractivity contribution in [1.29, 1.82) is 0 Å². The van der Waals surface area contributed by atoms with E-state index in [4.69, 9.17) is 5.73 Å². The molecule has 0 aromatic carbocycles. The summed E-state index contributed by atoms with van der Waals surface area (Å²) in [6.07, 6.45) is 2.78. The summed E-state index contributed by atoms with van der Waals surface area (Å²) in [5.41, 5.74) is 5.39. The number of nitrogens with zero attached hydrogens (tertiary/aromatic N) is 3. The van der Waals surface area contributed by atoms with Gasteiger partial charge in [-0.3, -0.25) is 14.9 Å². The highest BCUT2D eigenvalue weighted by Gasteiger charge is 2.18. The number of anilines is 1. The molecule has 0 bridgehead atoms. The van der Waals surface area contributed by atoms with Crippen LogP contribution in [0.15, 0.2) is 21.7 Å². The lowest BCUT2D eigenvalue weighted by Gasteiger charge is -2.07. The third-order valence-electron chi connectivity index (χ3n) is 2.53. The predicted molar refractivity (Wildman–Crippen MR) is 75.4 cm³/mol. The van der Waals surface area contributed by atoms with Crippen molar-refractivity contribution in [1.82, 2.24) is 9.55 Å². The Bertz CT molecular complexity index is 709. The Balaban J connectivity index is 2.51. The van der Waals surface area contributed by atoms with Crippen molar-refractivity contribution in [3.8, 4) is 0 Å². The Labute approximate surface area is 120 Å². The van der Waals surface area contributed by atoms with E-state index in [1.165, 1.54) is 29.0 Å². The van der Waals surface area contributed by atoms with Gasteiger partial charge in [-0.05, 0) is 22.9 Å². The number of halogens is 1. The molecular weight excluding hydrogens is 336 g/mol. The SMILES string of the molecule is Cc1c([N+](=O)[O-])cn(Cc2cnc(N)s2)c(=O)c1Br. The van der Waals surface area contributed by atoms with Crippen molar-refractivity contribution in [3.05, 3.63) is 47.8 Å². The number of nitrogen functional groups attached to an aromatic ring is 1. The van der Waals surface area contributed by atoms with Crippen LogP contribution in [0.25, 0.3) is 0 Å². The Morgan fingerprint density at radius 1 is 1.63 bits per heavy atom. The van der Waals surface area contributed by atoms with Crippen LogP contribution >= 0.6 is 27.3 Å². The molecular formula is C10H9BrN4O3S. The summed E-state index contributed by atoms with van der Waals surface area (Å²) in [7, 11) is 0. The minimum Gasteiger partial charge on any atom is -0.375 e. The van der Waals surface area contributed by atoms with Crippen molar-refractivity contribution in [2.24, 2.45) is 0 Å². The van der Waals surface area contributed by atoms with E-state index in [1.807, 2.05) is 0 Å². The summed E-state index contributed by atoms with van der Waals surface area (Å²) < 4.78 is 1.46. The van der Waals surface area contributed by atoms with Crippen LogP contribution in [0, 0.1) is 17.0 Å². The van der Waals surface area contributed by atoms with Crippen LogP contribution in [0.1, 0.15) is 10.4 Å². The number of nitro groups is 1. The van der Waals surface area contributed by atoms with Crippen molar-refractivity contribution >= 4 is 38.1 Å². The molecule has 0 radical (unpaired) electrons. The fourth-order valence-electron chi connectivity index (χ4n) is 1.57. The zero-order chi connectivity index (χ0) is 14.2. The maximum Gasteiger partial charge on any atom is 0.289 e. The van der Waals surface area contributed by atoms with Crippen LogP contribution in [-0.2, 0) is 6.54 Å². The molecule has 2 aromatic rings. The largest absolute Gasteiger partial charge is 0.375 e.